The summed E-state index contributed by atoms with van der Waals surface area (Å²) in [4.78, 5) is 14.8. The van der Waals surface area contributed by atoms with E-state index in [1.165, 1.54) is 5.69 Å². The molecule has 1 atom stereocenters. The minimum Gasteiger partial charge on any atom is -0.336 e. The number of carbonyl (C=O) groups is 1. The number of fused-ring (bicyclic) bond motifs is 1. The van der Waals surface area contributed by atoms with Gasteiger partial charge >= 0.3 is 0 Å². The third kappa shape index (κ3) is 4.15. The second-order valence-electron chi connectivity index (χ2n) is 7.79. The minimum absolute atomic E-state index is 0.00946. The van der Waals surface area contributed by atoms with Crippen LogP contribution in [-0.4, -0.2) is 40.2 Å². The van der Waals surface area contributed by atoms with Crippen LogP contribution in [0.1, 0.15) is 47.6 Å². The Morgan fingerprint density at radius 3 is 2.77 bits per heavy atom. The summed E-state index contributed by atoms with van der Waals surface area (Å²) < 4.78 is 1.90. The Balaban J connectivity index is 1.75. The van der Waals surface area contributed by atoms with Crippen LogP contribution in [0.4, 0.5) is 0 Å². The molecule has 0 unspecified atom stereocenters. The zero-order valence-electron chi connectivity index (χ0n) is 16.3. The van der Waals surface area contributed by atoms with Crippen LogP contribution >= 0.6 is 0 Å². The average Bonchev–Trinajstić information content (AvgIpc) is 2.96. The van der Waals surface area contributed by atoms with Gasteiger partial charge in [-0.1, -0.05) is 44.2 Å². The zero-order valence-corrected chi connectivity index (χ0v) is 16.3. The molecule has 1 amide bonds. The van der Waals surface area contributed by atoms with Crippen molar-refractivity contribution in [2.75, 3.05) is 13.6 Å². The Kier molecular flexibility index (Phi) is 5.77. The maximum absolute atomic E-state index is 13.0. The van der Waals surface area contributed by atoms with Crippen LogP contribution in [0.2, 0.25) is 0 Å². The largest absolute Gasteiger partial charge is 0.336 e. The molecular formula is C21H30N4O. The van der Waals surface area contributed by atoms with Gasteiger partial charge < -0.3 is 10.2 Å². The highest BCUT2D eigenvalue weighted by Crippen LogP contribution is 2.25. The third-order valence-corrected chi connectivity index (χ3v) is 5.08. The standard InChI is InChI=1S/C21H30N4O/c1-15(2)13-22-17-10-11-19-18(12-17)20(23-25(19)4)21(26)24(3)14-16-8-6-5-7-9-16/h5-9,15,17,22H,10-14H2,1-4H3/t17-/m1/s1. The molecule has 1 heterocycles. The van der Waals surface area contributed by atoms with Gasteiger partial charge in [0.2, 0.25) is 0 Å². The van der Waals surface area contributed by atoms with Gasteiger partial charge in [-0.25, -0.2) is 0 Å². The van der Waals surface area contributed by atoms with Crippen molar-refractivity contribution in [1.82, 2.24) is 20.0 Å². The van der Waals surface area contributed by atoms with Crippen LogP contribution in [0.25, 0.3) is 0 Å². The van der Waals surface area contributed by atoms with Gasteiger partial charge in [-0.2, -0.15) is 5.10 Å². The van der Waals surface area contributed by atoms with Crippen LogP contribution in [0, 0.1) is 5.92 Å². The van der Waals surface area contributed by atoms with Crippen LogP contribution < -0.4 is 5.32 Å². The van der Waals surface area contributed by atoms with Crippen LogP contribution in [0.5, 0.6) is 0 Å². The molecular weight excluding hydrogens is 324 g/mol. The molecule has 0 saturated carbocycles. The third-order valence-electron chi connectivity index (χ3n) is 5.08. The number of hydrogen-bond donors (Lipinski definition) is 1. The van der Waals surface area contributed by atoms with Crippen molar-refractivity contribution in [3.8, 4) is 0 Å². The van der Waals surface area contributed by atoms with Gasteiger partial charge in [0, 0.05) is 37.9 Å². The van der Waals surface area contributed by atoms with Crippen molar-refractivity contribution >= 4 is 5.91 Å². The predicted octanol–water partition coefficient (Wildman–Crippen LogP) is 2.80. The van der Waals surface area contributed by atoms with Gasteiger partial charge in [0.05, 0.1) is 0 Å². The van der Waals surface area contributed by atoms with Crippen LogP contribution in [0.15, 0.2) is 30.3 Å². The van der Waals surface area contributed by atoms with E-state index >= 15 is 0 Å². The highest BCUT2D eigenvalue weighted by Gasteiger charge is 2.29. The van der Waals surface area contributed by atoms with Crippen molar-refractivity contribution in [3.63, 3.8) is 0 Å². The molecule has 26 heavy (non-hydrogen) atoms. The summed E-state index contributed by atoms with van der Waals surface area (Å²) >= 11 is 0. The Bertz CT molecular complexity index is 751. The number of nitrogens with one attached hydrogen (secondary N) is 1. The van der Waals surface area contributed by atoms with E-state index in [2.05, 4.69) is 24.3 Å². The lowest BCUT2D eigenvalue weighted by atomic mass is 9.91. The lowest BCUT2D eigenvalue weighted by Crippen LogP contribution is -2.37. The number of carbonyl (C=O) groups excluding carboxylic acids is 1. The number of aryl methyl sites for hydroxylation is 1. The molecule has 3 rings (SSSR count). The maximum Gasteiger partial charge on any atom is 0.274 e. The quantitative estimate of drug-likeness (QED) is 0.868. The summed E-state index contributed by atoms with van der Waals surface area (Å²) in [6, 6.07) is 10.5. The van der Waals surface area contributed by atoms with Crippen molar-refractivity contribution in [3.05, 3.63) is 52.8 Å². The summed E-state index contributed by atoms with van der Waals surface area (Å²) in [5.74, 6) is 0.638. The summed E-state index contributed by atoms with van der Waals surface area (Å²) in [5, 5.41) is 8.23. The number of hydrogen-bond acceptors (Lipinski definition) is 3. The van der Waals surface area contributed by atoms with Crippen LogP contribution in [-0.2, 0) is 26.4 Å². The van der Waals surface area contributed by atoms with Gasteiger partial charge in [0.1, 0.15) is 0 Å². The Morgan fingerprint density at radius 2 is 2.08 bits per heavy atom. The minimum atomic E-state index is 0.00946. The highest BCUT2D eigenvalue weighted by atomic mass is 16.2. The van der Waals surface area contributed by atoms with E-state index < -0.39 is 0 Å². The van der Waals surface area contributed by atoms with Crippen molar-refractivity contribution in [2.24, 2.45) is 13.0 Å². The second kappa shape index (κ2) is 8.04. The molecule has 1 aromatic heterocycles. The molecule has 140 valence electrons. The van der Waals surface area contributed by atoms with Crippen LogP contribution in [0.3, 0.4) is 0 Å². The second-order valence-corrected chi connectivity index (χ2v) is 7.79. The van der Waals surface area contributed by atoms with E-state index in [-0.39, 0.29) is 5.91 Å². The molecule has 1 aliphatic rings. The number of aromatic nitrogens is 2. The molecule has 0 saturated heterocycles. The Hall–Kier alpha value is -2.14. The van der Waals surface area contributed by atoms with Crippen molar-refractivity contribution in [2.45, 2.75) is 45.7 Å². The van der Waals surface area contributed by atoms with Gasteiger partial charge in [0.25, 0.3) is 5.91 Å². The molecule has 1 N–H and O–H groups in total. The van der Waals surface area contributed by atoms with Gasteiger partial charge in [0.15, 0.2) is 5.69 Å². The summed E-state index contributed by atoms with van der Waals surface area (Å²) in [6.45, 7) is 6.05. The van der Waals surface area contributed by atoms with E-state index in [1.54, 1.807) is 4.90 Å². The van der Waals surface area contributed by atoms with E-state index in [0.717, 1.165) is 36.9 Å². The molecule has 5 nitrogen and oxygen atoms in total. The lowest BCUT2D eigenvalue weighted by Gasteiger charge is -2.25. The molecule has 0 fully saturated rings. The maximum atomic E-state index is 13.0. The summed E-state index contributed by atoms with van der Waals surface area (Å²) in [5.41, 5.74) is 4.09. The van der Waals surface area contributed by atoms with E-state index in [1.807, 2.05) is 49.1 Å². The van der Waals surface area contributed by atoms with Gasteiger partial charge in [-0.3, -0.25) is 9.48 Å². The van der Waals surface area contributed by atoms with Gasteiger partial charge in [-0.05, 0) is 37.3 Å². The number of rotatable bonds is 6. The Morgan fingerprint density at radius 1 is 1.35 bits per heavy atom. The molecule has 1 aliphatic carbocycles. The fraction of sp³-hybridized carbons (Fsp3) is 0.524. The number of benzene rings is 1. The fourth-order valence-electron chi connectivity index (χ4n) is 3.65. The predicted molar refractivity (Wildman–Crippen MR) is 104 cm³/mol. The smallest absolute Gasteiger partial charge is 0.274 e. The normalized spacial score (nSPS) is 16.6. The first-order valence-corrected chi connectivity index (χ1v) is 9.53. The monoisotopic (exact) mass is 354 g/mol. The highest BCUT2D eigenvalue weighted by molar-refractivity contribution is 5.94. The Labute approximate surface area is 156 Å². The molecule has 2 aromatic rings. The molecule has 1 aromatic carbocycles. The fourth-order valence-corrected chi connectivity index (χ4v) is 3.65. The molecule has 0 radical (unpaired) electrons. The van der Waals surface area contributed by atoms with E-state index in [9.17, 15) is 4.79 Å². The van der Waals surface area contributed by atoms with E-state index in [0.29, 0.717) is 24.2 Å². The zero-order chi connectivity index (χ0) is 18.7. The lowest BCUT2D eigenvalue weighted by molar-refractivity contribution is 0.0777. The van der Waals surface area contributed by atoms with Crippen molar-refractivity contribution in [1.29, 1.82) is 0 Å². The molecule has 5 heteroatoms. The topological polar surface area (TPSA) is 50.2 Å². The first-order chi connectivity index (χ1) is 12.5. The first-order valence-electron chi connectivity index (χ1n) is 9.53. The molecule has 0 bridgehead atoms. The SMILES string of the molecule is CC(C)CN[C@@H]1CCc2c(c(C(=O)N(C)Cc3ccccc3)nn2C)C1. The van der Waals surface area contributed by atoms with Crippen molar-refractivity contribution < 1.29 is 4.79 Å². The number of nitrogens with zero attached hydrogens (tertiary/aromatic N) is 3. The average molecular weight is 354 g/mol. The molecule has 0 aliphatic heterocycles. The number of amides is 1. The summed E-state index contributed by atoms with van der Waals surface area (Å²) in [6.07, 6.45) is 2.97. The first kappa shape index (κ1) is 18.6. The van der Waals surface area contributed by atoms with Gasteiger partial charge in [-0.15, -0.1) is 0 Å². The van der Waals surface area contributed by atoms with E-state index in [4.69, 9.17) is 0 Å². The summed E-state index contributed by atoms with van der Waals surface area (Å²) in [7, 11) is 3.81. The molecule has 0 spiro atoms.